The molecule has 4 aromatic rings. The van der Waals surface area contributed by atoms with Gasteiger partial charge < -0.3 is 4.74 Å². The Kier molecular flexibility index (Phi) is 5.20. The Morgan fingerprint density at radius 2 is 1.72 bits per heavy atom. The summed E-state index contributed by atoms with van der Waals surface area (Å²) in [5, 5.41) is 5.01. The predicted molar refractivity (Wildman–Crippen MR) is 117 cm³/mol. The zero-order chi connectivity index (χ0) is 20.2. The Morgan fingerprint density at radius 1 is 0.966 bits per heavy atom. The van der Waals surface area contributed by atoms with Crippen LogP contribution in [-0.2, 0) is 0 Å². The summed E-state index contributed by atoms with van der Waals surface area (Å²) >= 11 is 0. The highest BCUT2D eigenvalue weighted by Gasteiger charge is 2.12. The third-order valence-corrected chi connectivity index (χ3v) is 4.34. The molecule has 0 N–H and O–H groups in total. The van der Waals surface area contributed by atoms with E-state index in [1.54, 1.807) is 12.3 Å². The van der Waals surface area contributed by atoms with Crippen molar-refractivity contribution in [2.24, 2.45) is 5.10 Å². The van der Waals surface area contributed by atoms with Crippen molar-refractivity contribution in [1.82, 2.24) is 9.66 Å². The van der Waals surface area contributed by atoms with Crippen LogP contribution in [0.25, 0.3) is 22.3 Å². The Balaban J connectivity index is 1.83. The van der Waals surface area contributed by atoms with Crippen molar-refractivity contribution >= 4 is 17.1 Å². The minimum atomic E-state index is -0.208. The molecule has 0 amide bonds. The quantitative estimate of drug-likeness (QED) is 0.468. The van der Waals surface area contributed by atoms with Crippen LogP contribution in [0.1, 0.15) is 19.4 Å². The van der Waals surface area contributed by atoms with Gasteiger partial charge in [-0.05, 0) is 43.7 Å². The minimum Gasteiger partial charge on any atom is -0.491 e. The molecule has 0 bridgehead atoms. The van der Waals surface area contributed by atoms with E-state index in [4.69, 9.17) is 9.72 Å². The first-order valence-electron chi connectivity index (χ1n) is 9.50. The summed E-state index contributed by atoms with van der Waals surface area (Å²) in [5.74, 6) is 1.26. The van der Waals surface area contributed by atoms with Crippen molar-refractivity contribution in [3.8, 4) is 17.1 Å². The monoisotopic (exact) mass is 383 g/mol. The standard InChI is InChI=1S/C24H21N3O2/c1-17(2)29-20-12-8-9-18(15-20)16-25-27-23(19-10-4-3-5-11-19)26-22-14-7-6-13-21(22)24(27)28/h3-17H,1-2H3. The molecule has 0 spiro atoms. The van der Waals surface area contributed by atoms with Gasteiger partial charge in [0.05, 0.1) is 23.2 Å². The van der Waals surface area contributed by atoms with Crippen LogP contribution < -0.4 is 10.3 Å². The van der Waals surface area contributed by atoms with Crippen molar-refractivity contribution in [3.05, 3.63) is 94.8 Å². The summed E-state index contributed by atoms with van der Waals surface area (Å²) < 4.78 is 7.09. The van der Waals surface area contributed by atoms with E-state index in [1.165, 1.54) is 4.68 Å². The summed E-state index contributed by atoms with van der Waals surface area (Å²) in [6, 6.07) is 24.5. The molecule has 3 aromatic carbocycles. The van der Waals surface area contributed by atoms with Crippen LogP contribution in [0.15, 0.2) is 88.8 Å². The van der Waals surface area contributed by atoms with E-state index in [-0.39, 0.29) is 11.7 Å². The summed E-state index contributed by atoms with van der Waals surface area (Å²) in [6.45, 7) is 3.96. The molecule has 5 heteroatoms. The Labute approximate surface area is 168 Å². The van der Waals surface area contributed by atoms with Gasteiger partial charge in [-0.15, -0.1) is 0 Å². The van der Waals surface area contributed by atoms with E-state index >= 15 is 0 Å². The maximum Gasteiger partial charge on any atom is 0.282 e. The normalized spacial score (nSPS) is 11.4. The SMILES string of the molecule is CC(C)Oc1cccc(C=Nn2c(-c3ccccc3)nc3ccccc3c2=O)c1. The van der Waals surface area contributed by atoms with Gasteiger partial charge >= 0.3 is 0 Å². The van der Waals surface area contributed by atoms with E-state index in [0.717, 1.165) is 16.9 Å². The number of rotatable bonds is 5. The van der Waals surface area contributed by atoms with Gasteiger partial charge in [0.1, 0.15) is 5.75 Å². The average Bonchev–Trinajstić information content (AvgIpc) is 2.73. The van der Waals surface area contributed by atoms with Crippen molar-refractivity contribution in [2.45, 2.75) is 20.0 Å². The highest BCUT2D eigenvalue weighted by Crippen LogP contribution is 2.19. The molecule has 0 saturated carbocycles. The number of benzene rings is 3. The van der Waals surface area contributed by atoms with Crippen LogP contribution in [0.4, 0.5) is 0 Å². The Hall–Kier alpha value is -3.73. The molecule has 0 atom stereocenters. The number of ether oxygens (including phenoxy) is 1. The molecule has 5 nitrogen and oxygen atoms in total. The molecule has 1 aromatic heterocycles. The number of nitrogens with zero attached hydrogens (tertiary/aromatic N) is 3. The fourth-order valence-electron chi connectivity index (χ4n) is 3.07. The first kappa shape index (κ1) is 18.6. The molecule has 4 rings (SSSR count). The average molecular weight is 383 g/mol. The van der Waals surface area contributed by atoms with Gasteiger partial charge in [-0.2, -0.15) is 9.78 Å². The number of hydrogen-bond donors (Lipinski definition) is 0. The van der Waals surface area contributed by atoms with Crippen LogP contribution in [-0.4, -0.2) is 22.0 Å². The lowest BCUT2D eigenvalue weighted by atomic mass is 10.2. The molecular formula is C24H21N3O2. The largest absolute Gasteiger partial charge is 0.491 e. The maximum atomic E-state index is 13.1. The summed E-state index contributed by atoms with van der Waals surface area (Å²) in [7, 11) is 0. The maximum absolute atomic E-state index is 13.1. The second-order valence-corrected chi connectivity index (χ2v) is 6.92. The van der Waals surface area contributed by atoms with Gasteiger partial charge in [0, 0.05) is 5.56 Å². The van der Waals surface area contributed by atoms with E-state index in [9.17, 15) is 4.79 Å². The van der Waals surface area contributed by atoms with Crippen LogP contribution in [0, 0.1) is 0 Å². The highest BCUT2D eigenvalue weighted by atomic mass is 16.5. The van der Waals surface area contributed by atoms with Crippen molar-refractivity contribution in [3.63, 3.8) is 0 Å². The van der Waals surface area contributed by atoms with Gasteiger partial charge in [-0.3, -0.25) is 4.79 Å². The smallest absolute Gasteiger partial charge is 0.282 e. The lowest BCUT2D eigenvalue weighted by Crippen LogP contribution is -2.20. The van der Waals surface area contributed by atoms with Gasteiger partial charge in [0.25, 0.3) is 5.56 Å². The number of para-hydroxylation sites is 1. The Bertz CT molecular complexity index is 1230. The first-order valence-corrected chi connectivity index (χ1v) is 9.50. The van der Waals surface area contributed by atoms with Crippen molar-refractivity contribution in [2.75, 3.05) is 0 Å². The zero-order valence-electron chi connectivity index (χ0n) is 16.3. The Morgan fingerprint density at radius 3 is 2.52 bits per heavy atom. The molecule has 0 radical (unpaired) electrons. The highest BCUT2D eigenvalue weighted by molar-refractivity contribution is 5.82. The van der Waals surface area contributed by atoms with Crippen LogP contribution in [0.2, 0.25) is 0 Å². The second kappa shape index (κ2) is 8.10. The van der Waals surface area contributed by atoms with Crippen LogP contribution in [0.5, 0.6) is 5.75 Å². The molecule has 0 aliphatic rings. The van der Waals surface area contributed by atoms with Crippen molar-refractivity contribution in [1.29, 1.82) is 0 Å². The summed E-state index contributed by atoms with van der Waals surface area (Å²) in [6.07, 6.45) is 1.73. The molecule has 1 heterocycles. The second-order valence-electron chi connectivity index (χ2n) is 6.92. The molecule has 0 aliphatic carbocycles. The molecule has 0 aliphatic heterocycles. The van der Waals surface area contributed by atoms with Crippen LogP contribution >= 0.6 is 0 Å². The summed E-state index contributed by atoms with van der Waals surface area (Å²) in [4.78, 5) is 17.8. The first-order chi connectivity index (χ1) is 14.1. The molecule has 29 heavy (non-hydrogen) atoms. The van der Waals surface area contributed by atoms with Crippen molar-refractivity contribution < 1.29 is 4.74 Å². The van der Waals surface area contributed by atoms with Gasteiger partial charge in [-0.25, -0.2) is 4.98 Å². The van der Waals surface area contributed by atoms with E-state index < -0.39 is 0 Å². The summed E-state index contributed by atoms with van der Waals surface area (Å²) in [5.41, 5.74) is 2.10. The molecule has 0 saturated heterocycles. The topological polar surface area (TPSA) is 56.5 Å². The zero-order valence-corrected chi connectivity index (χ0v) is 16.3. The van der Waals surface area contributed by atoms with Gasteiger partial charge in [0.15, 0.2) is 5.82 Å². The van der Waals surface area contributed by atoms with Gasteiger partial charge in [0.2, 0.25) is 0 Å². The van der Waals surface area contributed by atoms with E-state index in [2.05, 4.69) is 5.10 Å². The number of hydrogen-bond acceptors (Lipinski definition) is 4. The molecule has 0 unspecified atom stereocenters. The fourth-order valence-corrected chi connectivity index (χ4v) is 3.07. The lowest BCUT2D eigenvalue weighted by Gasteiger charge is -2.10. The molecular weight excluding hydrogens is 362 g/mol. The minimum absolute atomic E-state index is 0.0826. The predicted octanol–water partition coefficient (Wildman–Crippen LogP) is 4.73. The number of aromatic nitrogens is 2. The number of fused-ring (bicyclic) bond motifs is 1. The third kappa shape index (κ3) is 4.09. The van der Waals surface area contributed by atoms with Gasteiger partial charge in [-0.1, -0.05) is 54.6 Å². The molecule has 144 valence electrons. The molecule has 0 fully saturated rings. The fraction of sp³-hybridized carbons (Fsp3) is 0.125. The lowest BCUT2D eigenvalue weighted by molar-refractivity contribution is 0.242. The third-order valence-electron chi connectivity index (χ3n) is 4.34. The van der Waals surface area contributed by atoms with E-state index in [1.807, 2.05) is 86.6 Å². The van der Waals surface area contributed by atoms with E-state index in [0.29, 0.717) is 16.7 Å². The van der Waals surface area contributed by atoms with Crippen LogP contribution in [0.3, 0.4) is 0 Å².